The van der Waals surface area contributed by atoms with E-state index in [4.69, 9.17) is 5.11 Å². The minimum atomic E-state index is -1.32. The number of rotatable bonds is 2. The van der Waals surface area contributed by atoms with E-state index in [1.54, 1.807) is 18.2 Å². The number of hydrogen-bond donors (Lipinski definition) is 1. The third-order valence-electron chi connectivity index (χ3n) is 1.60. The molecule has 0 atom stereocenters. The molecule has 0 saturated carbocycles. The highest BCUT2D eigenvalue weighted by atomic mass is 16.4. The SMILES string of the molecule is C=CC(=O)N(C(=O)O)c1ccccc1. The maximum atomic E-state index is 11.2. The first-order valence-electron chi connectivity index (χ1n) is 3.91. The second kappa shape index (κ2) is 4.23. The zero-order valence-electron chi connectivity index (χ0n) is 7.38. The molecule has 0 saturated heterocycles. The van der Waals surface area contributed by atoms with E-state index in [1.807, 2.05) is 0 Å². The summed E-state index contributed by atoms with van der Waals surface area (Å²) >= 11 is 0. The number of carbonyl (C=O) groups is 2. The maximum Gasteiger partial charge on any atom is 0.419 e. The Labute approximate surface area is 81.1 Å². The van der Waals surface area contributed by atoms with E-state index in [1.165, 1.54) is 12.1 Å². The molecule has 0 aromatic heterocycles. The van der Waals surface area contributed by atoms with Gasteiger partial charge in [0.25, 0.3) is 5.91 Å². The van der Waals surface area contributed by atoms with Gasteiger partial charge in [0.2, 0.25) is 0 Å². The average Bonchev–Trinajstić information content (AvgIpc) is 2.19. The summed E-state index contributed by atoms with van der Waals surface area (Å²) in [5.41, 5.74) is 0.310. The van der Waals surface area contributed by atoms with Gasteiger partial charge < -0.3 is 5.11 Å². The topological polar surface area (TPSA) is 57.6 Å². The van der Waals surface area contributed by atoms with Crippen molar-refractivity contribution >= 4 is 17.7 Å². The summed E-state index contributed by atoms with van der Waals surface area (Å²) in [6.07, 6.45) is -0.359. The van der Waals surface area contributed by atoms with Crippen molar-refractivity contribution in [3.8, 4) is 0 Å². The molecule has 1 rings (SSSR count). The molecule has 2 amide bonds. The number of carbonyl (C=O) groups excluding carboxylic acids is 1. The summed E-state index contributed by atoms with van der Waals surface area (Å²) in [5, 5.41) is 8.79. The van der Waals surface area contributed by atoms with E-state index >= 15 is 0 Å². The largest absolute Gasteiger partial charge is 0.464 e. The lowest BCUT2D eigenvalue weighted by molar-refractivity contribution is -0.113. The minimum absolute atomic E-state index is 0.310. The lowest BCUT2D eigenvalue weighted by Crippen LogP contribution is -2.34. The fraction of sp³-hybridized carbons (Fsp3) is 0. The quantitative estimate of drug-likeness (QED) is 0.726. The summed E-state index contributed by atoms with van der Waals surface area (Å²) < 4.78 is 0. The molecular formula is C10H9NO3. The fourth-order valence-electron chi connectivity index (χ4n) is 1.00. The molecule has 1 aromatic carbocycles. The molecule has 1 N–H and O–H groups in total. The molecule has 0 spiro atoms. The Morgan fingerprint density at radius 1 is 1.29 bits per heavy atom. The summed E-state index contributed by atoms with van der Waals surface area (Å²) in [4.78, 5) is 22.6. The average molecular weight is 191 g/mol. The Morgan fingerprint density at radius 3 is 2.29 bits per heavy atom. The normalized spacial score (nSPS) is 9.14. The molecule has 0 unspecified atom stereocenters. The van der Waals surface area contributed by atoms with Crippen LogP contribution < -0.4 is 4.90 Å². The number of benzene rings is 1. The van der Waals surface area contributed by atoms with Gasteiger partial charge >= 0.3 is 6.09 Å². The van der Waals surface area contributed by atoms with Crippen LogP contribution in [0.1, 0.15) is 0 Å². The Kier molecular flexibility index (Phi) is 3.01. The highest BCUT2D eigenvalue weighted by Gasteiger charge is 2.19. The molecule has 0 radical (unpaired) electrons. The van der Waals surface area contributed by atoms with Crippen molar-refractivity contribution in [3.63, 3.8) is 0 Å². The van der Waals surface area contributed by atoms with Crippen molar-refractivity contribution in [1.82, 2.24) is 0 Å². The monoisotopic (exact) mass is 191 g/mol. The van der Waals surface area contributed by atoms with E-state index in [9.17, 15) is 9.59 Å². The molecule has 0 aliphatic rings. The van der Waals surface area contributed by atoms with Gasteiger partial charge in [0.1, 0.15) is 0 Å². The molecule has 0 aliphatic carbocycles. The van der Waals surface area contributed by atoms with Crippen molar-refractivity contribution in [2.24, 2.45) is 0 Å². The van der Waals surface area contributed by atoms with Crippen LogP contribution in [0.25, 0.3) is 0 Å². The predicted octanol–water partition coefficient (Wildman–Crippen LogP) is 1.88. The lowest BCUT2D eigenvalue weighted by Gasteiger charge is -2.14. The zero-order valence-corrected chi connectivity index (χ0v) is 7.38. The van der Waals surface area contributed by atoms with Gasteiger partial charge in [-0.15, -0.1) is 0 Å². The Balaban J connectivity index is 3.07. The third kappa shape index (κ3) is 1.98. The first-order valence-corrected chi connectivity index (χ1v) is 3.91. The van der Waals surface area contributed by atoms with Crippen LogP contribution in [0.3, 0.4) is 0 Å². The van der Waals surface area contributed by atoms with E-state index < -0.39 is 12.0 Å². The van der Waals surface area contributed by atoms with E-state index in [0.29, 0.717) is 10.6 Å². The van der Waals surface area contributed by atoms with Crippen LogP contribution in [0.4, 0.5) is 10.5 Å². The smallest absolute Gasteiger partial charge is 0.419 e. The molecule has 4 heteroatoms. The number of nitrogens with zero attached hydrogens (tertiary/aromatic N) is 1. The molecule has 0 aliphatic heterocycles. The van der Waals surface area contributed by atoms with Gasteiger partial charge in [-0.1, -0.05) is 24.8 Å². The molecule has 1 aromatic rings. The van der Waals surface area contributed by atoms with Gasteiger partial charge in [0.05, 0.1) is 5.69 Å². The second-order valence-corrected chi connectivity index (χ2v) is 2.50. The summed E-state index contributed by atoms with van der Waals surface area (Å²) in [7, 11) is 0. The number of carboxylic acid groups (broad SMARTS) is 1. The van der Waals surface area contributed by atoms with Crippen LogP contribution in [0, 0.1) is 0 Å². The molecule has 0 fully saturated rings. The van der Waals surface area contributed by atoms with E-state index in [-0.39, 0.29) is 0 Å². The number of hydrogen-bond acceptors (Lipinski definition) is 2. The predicted molar refractivity (Wildman–Crippen MR) is 52.1 cm³/mol. The molecule has 72 valence electrons. The summed E-state index contributed by atoms with van der Waals surface area (Å²) in [6, 6.07) is 8.12. The zero-order chi connectivity index (χ0) is 10.6. The number of para-hydroxylation sites is 1. The van der Waals surface area contributed by atoms with Crippen LogP contribution in [0.5, 0.6) is 0 Å². The van der Waals surface area contributed by atoms with Crippen molar-refractivity contribution in [2.45, 2.75) is 0 Å². The van der Waals surface area contributed by atoms with Crippen LogP contribution in [0.2, 0.25) is 0 Å². The van der Waals surface area contributed by atoms with Crippen LogP contribution >= 0.6 is 0 Å². The van der Waals surface area contributed by atoms with Gasteiger partial charge in [-0.2, -0.15) is 0 Å². The number of anilines is 1. The van der Waals surface area contributed by atoms with Crippen LogP contribution in [-0.4, -0.2) is 17.1 Å². The Morgan fingerprint density at radius 2 is 1.86 bits per heavy atom. The molecule has 0 bridgehead atoms. The second-order valence-electron chi connectivity index (χ2n) is 2.50. The van der Waals surface area contributed by atoms with Gasteiger partial charge in [-0.25, -0.2) is 9.69 Å². The molecule has 0 heterocycles. The molecule has 4 nitrogen and oxygen atoms in total. The summed E-state index contributed by atoms with van der Waals surface area (Å²) in [5.74, 6) is -0.663. The first kappa shape index (κ1) is 9.98. The Bertz CT molecular complexity index is 359. The van der Waals surface area contributed by atoms with Gasteiger partial charge in [0, 0.05) is 0 Å². The van der Waals surface area contributed by atoms with Gasteiger partial charge in [-0.3, -0.25) is 4.79 Å². The van der Waals surface area contributed by atoms with E-state index in [0.717, 1.165) is 6.08 Å². The van der Waals surface area contributed by atoms with E-state index in [2.05, 4.69) is 6.58 Å². The van der Waals surface area contributed by atoms with Gasteiger partial charge in [-0.05, 0) is 18.2 Å². The first-order chi connectivity index (χ1) is 6.66. The highest BCUT2D eigenvalue weighted by Crippen LogP contribution is 2.13. The molecule has 14 heavy (non-hydrogen) atoms. The van der Waals surface area contributed by atoms with Crippen LogP contribution in [0.15, 0.2) is 43.0 Å². The van der Waals surface area contributed by atoms with Crippen molar-refractivity contribution in [2.75, 3.05) is 4.90 Å². The summed E-state index contributed by atoms with van der Waals surface area (Å²) in [6.45, 7) is 3.23. The van der Waals surface area contributed by atoms with Crippen molar-refractivity contribution in [1.29, 1.82) is 0 Å². The number of imide groups is 1. The Hall–Kier alpha value is -2.10. The maximum absolute atomic E-state index is 11.2. The highest BCUT2D eigenvalue weighted by molar-refractivity contribution is 6.15. The van der Waals surface area contributed by atoms with Crippen molar-refractivity contribution in [3.05, 3.63) is 43.0 Å². The molecular weight excluding hydrogens is 182 g/mol. The van der Waals surface area contributed by atoms with Crippen molar-refractivity contribution < 1.29 is 14.7 Å². The van der Waals surface area contributed by atoms with Gasteiger partial charge in [0.15, 0.2) is 0 Å². The number of amides is 2. The standard InChI is InChI=1S/C10H9NO3/c1-2-9(12)11(10(13)14)8-6-4-3-5-7-8/h2-7H,1H2,(H,13,14). The fourth-order valence-corrected chi connectivity index (χ4v) is 1.00. The third-order valence-corrected chi connectivity index (χ3v) is 1.60. The lowest BCUT2D eigenvalue weighted by atomic mass is 10.3. The minimum Gasteiger partial charge on any atom is -0.464 e. The van der Waals surface area contributed by atoms with Crippen LogP contribution in [-0.2, 0) is 4.79 Å².